The van der Waals surface area contributed by atoms with E-state index >= 15 is 0 Å². The van der Waals surface area contributed by atoms with Crippen molar-refractivity contribution < 1.29 is 29.2 Å². The first-order valence-corrected chi connectivity index (χ1v) is 8.42. The first-order valence-electron chi connectivity index (χ1n) is 7.62. The second kappa shape index (κ2) is 6.57. The largest absolute Gasteiger partial charge is 0.504 e. The number of benzene rings is 1. The minimum absolute atomic E-state index is 0.0722. The van der Waals surface area contributed by atoms with Gasteiger partial charge >= 0.3 is 0 Å². The Kier molecular flexibility index (Phi) is 4.85. The van der Waals surface area contributed by atoms with Crippen LogP contribution in [0.3, 0.4) is 0 Å². The topological polar surface area (TPSA) is 77.4 Å². The quantitative estimate of drug-likeness (QED) is 0.777. The number of hydrogen-bond acceptors (Lipinski definition) is 6. The molecule has 0 atom stereocenters. The van der Waals surface area contributed by atoms with Crippen LogP contribution in [0.4, 0.5) is 0 Å². The van der Waals surface area contributed by atoms with Gasteiger partial charge in [-0.15, -0.1) is 0 Å². The molecular weight excluding hydrogens is 368 g/mol. The predicted octanol–water partition coefficient (Wildman–Crippen LogP) is 2.20. The van der Waals surface area contributed by atoms with Crippen LogP contribution in [0.25, 0.3) is 0 Å². The highest BCUT2D eigenvalue weighted by atomic mass is 79.9. The highest BCUT2D eigenvalue weighted by molar-refractivity contribution is 9.10. The lowest BCUT2D eigenvalue weighted by molar-refractivity contribution is -0.461. The molecule has 3 heterocycles. The van der Waals surface area contributed by atoms with Gasteiger partial charge < -0.3 is 29.2 Å². The molecule has 2 N–H and O–H groups in total. The molecule has 7 heteroatoms. The van der Waals surface area contributed by atoms with Crippen molar-refractivity contribution in [2.24, 2.45) is 5.41 Å². The molecule has 3 fully saturated rings. The van der Waals surface area contributed by atoms with Crippen molar-refractivity contribution in [3.63, 3.8) is 0 Å². The normalized spacial score (nSPS) is 29.7. The minimum atomic E-state index is -0.937. The van der Waals surface area contributed by atoms with E-state index in [-0.39, 0.29) is 17.8 Å². The Balaban J connectivity index is 1.72. The molecule has 0 amide bonds. The van der Waals surface area contributed by atoms with E-state index in [1.54, 1.807) is 13.0 Å². The van der Waals surface area contributed by atoms with E-state index in [4.69, 9.17) is 24.1 Å². The van der Waals surface area contributed by atoms with Gasteiger partial charge in [0.2, 0.25) is 0 Å². The highest BCUT2D eigenvalue weighted by Crippen LogP contribution is 2.40. The van der Waals surface area contributed by atoms with Crippen LogP contribution in [-0.2, 0) is 20.6 Å². The number of aliphatic hydroxyl groups is 1. The molecule has 23 heavy (non-hydrogen) atoms. The summed E-state index contributed by atoms with van der Waals surface area (Å²) in [6.07, 6.45) is 1.22. The Morgan fingerprint density at radius 3 is 2.48 bits per heavy atom. The molecule has 0 unspecified atom stereocenters. The van der Waals surface area contributed by atoms with Crippen molar-refractivity contribution in [1.82, 2.24) is 0 Å². The van der Waals surface area contributed by atoms with Gasteiger partial charge in [-0.1, -0.05) is 15.9 Å². The smallest absolute Gasteiger partial charge is 0.279 e. The molecule has 3 aliphatic rings. The average molecular weight is 389 g/mol. The molecule has 2 bridgehead atoms. The standard InChI is InChI=1S/C16H21BrO6/c1-15-21-8-16(9-22-15,10-23-15)7-20-14-11(3-2-4-18)5-12(17)6-13(14)19/h5-6,18-19H,2-4,7-10H2,1H3. The molecule has 3 saturated heterocycles. The number of fused-ring (bicyclic) bond motifs is 3. The van der Waals surface area contributed by atoms with Crippen LogP contribution in [0.1, 0.15) is 18.9 Å². The zero-order chi connectivity index (χ0) is 16.5. The zero-order valence-electron chi connectivity index (χ0n) is 13.0. The summed E-state index contributed by atoms with van der Waals surface area (Å²) in [6.45, 7) is 3.64. The first kappa shape index (κ1) is 17.0. The summed E-state index contributed by atoms with van der Waals surface area (Å²) in [5.41, 5.74) is 0.479. The van der Waals surface area contributed by atoms with Crippen LogP contribution in [0, 0.1) is 5.41 Å². The van der Waals surface area contributed by atoms with Crippen molar-refractivity contribution in [3.05, 3.63) is 22.2 Å². The van der Waals surface area contributed by atoms with Gasteiger partial charge in [0.1, 0.15) is 6.61 Å². The SMILES string of the molecule is CC12OCC(COc3c(O)cc(Br)cc3CCCO)(CO1)CO2. The van der Waals surface area contributed by atoms with Crippen LogP contribution in [-0.4, -0.2) is 49.2 Å². The minimum Gasteiger partial charge on any atom is -0.504 e. The van der Waals surface area contributed by atoms with Crippen molar-refractivity contribution >= 4 is 15.9 Å². The van der Waals surface area contributed by atoms with E-state index < -0.39 is 5.97 Å². The van der Waals surface area contributed by atoms with Gasteiger partial charge in [0.25, 0.3) is 5.97 Å². The zero-order valence-corrected chi connectivity index (χ0v) is 14.6. The average Bonchev–Trinajstić information content (AvgIpc) is 2.53. The van der Waals surface area contributed by atoms with E-state index in [1.165, 1.54) is 0 Å². The van der Waals surface area contributed by atoms with Gasteiger partial charge in [0.15, 0.2) is 11.5 Å². The number of ether oxygens (including phenoxy) is 4. The molecule has 1 aromatic rings. The van der Waals surface area contributed by atoms with Crippen LogP contribution in [0.5, 0.6) is 11.5 Å². The van der Waals surface area contributed by atoms with Crippen molar-refractivity contribution in [3.8, 4) is 11.5 Å². The lowest BCUT2D eigenvalue weighted by atomic mass is 9.90. The number of rotatable bonds is 6. The van der Waals surface area contributed by atoms with Gasteiger partial charge in [0.05, 0.1) is 25.2 Å². The summed E-state index contributed by atoms with van der Waals surface area (Å²) < 4.78 is 23.4. The Bertz CT molecular complexity index is 551. The summed E-state index contributed by atoms with van der Waals surface area (Å²) in [5, 5.41) is 19.2. The number of hydrogen-bond donors (Lipinski definition) is 2. The number of halogens is 1. The van der Waals surface area contributed by atoms with Crippen LogP contribution in [0.15, 0.2) is 16.6 Å². The highest BCUT2D eigenvalue weighted by Gasteiger charge is 2.50. The van der Waals surface area contributed by atoms with Gasteiger partial charge in [-0.2, -0.15) is 0 Å². The molecule has 0 spiro atoms. The molecule has 3 aliphatic heterocycles. The lowest BCUT2D eigenvalue weighted by Crippen LogP contribution is -2.60. The maximum absolute atomic E-state index is 10.2. The van der Waals surface area contributed by atoms with Crippen LogP contribution in [0.2, 0.25) is 0 Å². The summed E-state index contributed by atoms with van der Waals surface area (Å²) in [4.78, 5) is 0. The Hall–Kier alpha value is -0.860. The van der Waals surface area contributed by atoms with Crippen LogP contribution >= 0.6 is 15.9 Å². The fourth-order valence-electron chi connectivity index (χ4n) is 2.71. The Morgan fingerprint density at radius 1 is 1.22 bits per heavy atom. The third kappa shape index (κ3) is 3.64. The van der Waals surface area contributed by atoms with E-state index in [0.29, 0.717) is 45.0 Å². The number of phenolic OH excluding ortho intramolecular Hbond substituents is 1. The molecular formula is C16H21BrO6. The van der Waals surface area contributed by atoms with Crippen molar-refractivity contribution in [1.29, 1.82) is 0 Å². The van der Waals surface area contributed by atoms with Gasteiger partial charge in [-0.3, -0.25) is 0 Å². The summed E-state index contributed by atoms with van der Waals surface area (Å²) in [7, 11) is 0. The van der Waals surface area contributed by atoms with Crippen molar-refractivity contribution in [2.45, 2.75) is 25.7 Å². The van der Waals surface area contributed by atoms with E-state index in [1.807, 2.05) is 6.07 Å². The van der Waals surface area contributed by atoms with E-state index in [9.17, 15) is 5.11 Å². The molecule has 0 radical (unpaired) electrons. The number of aromatic hydroxyl groups is 1. The third-order valence-corrected chi connectivity index (χ3v) is 4.62. The molecule has 1 aromatic carbocycles. The number of aryl methyl sites for hydroxylation is 1. The monoisotopic (exact) mass is 388 g/mol. The predicted molar refractivity (Wildman–Crippen MR) is 85.4 cm³/mol. The maximum Gasteiger partial charge on any atom is 0.279 e. The van der Waals surface area contributed by atoms with E-state index in [2.05, 4.69) is 15.9 Å². The summed E-state index contributed by atoms with van der Waals surface area (Å²) in [6, 6.07) is 3.49. The number of aliphatic hydroxyl groups excluding tert-OH is 1. The molecule has 0 aliphatic carbocycles. The third-order valence-electron chi connectivity index (χ3n) is 4.16. The molecule has 6 nitrogen and oxygen atoms in total. The fourth-order valence-corrected chi connectivity index (χ4v) is 3.20. The Labute approximate surface area is 143 Å². The van der Waals surface area contributed by atoms with E-state index in [0.717, 1.165) is 10.0 Å². The summed E-state index contributed by atoms with van der Waals surface area (Å²) >= 11 is 3.37. The lowest BCUT2D eigenvalue weighted by Gasteiger charge is -2.50. The first-order chi connectivity index (χ1) is 11.0. The molecule has 0 saturated carbocycles. The Morgan fingerprint density at radius 2 is 1.87 bits per heavy atom. The second-order valence-corrected chi connectivity index (χ2v) is 7.17. The van der Waals surface area contributed by atoms with Gasteiger partial charge in [-0.05, 0) is 30.5 Å². The maximum atomic E-state index is 10.2. The molecule has 4 rings (SSSR count). The fraction of sp³-hybridized carbons (Fsp3) is 0.625. The second-order valence-electron chi connectivity index (χ2n) is 6.26. The summed E-state index contributed by atoms with van der Waals surface area (Å²) in [5.74, 6) is -0.425. The van der Waals surface area contributed by atoms with Crippen molar-refractivity contribution in [2.75, 3.05) is 33.0 Å². The molecule has 0 aromatic heterocycles. The molecule has 128 valence electrons. The number of phenols is 1. The van der Waals surface area contributed by atoms with Gasteiger partial charge in [-0.25, -0.2) is 0 Å². The van der Waals surface area contributed by atoms with Gasteiger partial charge in [0, 0.05) is 18.0 Å². The van der Waals surface area contributed by atoms with Crippen LogP contribution < -0.4 is 4.74 Å².